The van der Waals surface area contributed by atoms with Crippen LogP contribution in [0.2, 0.25) is 5.02 Å². The molecular weight excluding hydrogens is 716 g/mol. The third kappa shape index (κ3) is 7.53. The van der Waals surface area contributed by atoms with Gasteiger partial charge in [0, 0.05) is 56.2 Å². The molecule has 1 saturated heterocycles. The molecule has 2 aliphatic carbocycles. The molecule has 5 aliphatic rings. The summed E-state index contributed by atoms with van der Waals surface area (Å²) in [6.45, 7) is 9.09. The van der Waals surface area contributed by atoms with Crippen LogP contribution in [-0.2, 0) is 36.1 Å². The fourth-order valence-electron chi connectivity index (χ4n) is 9.06. The van der Waals surface area contributed by atoms with Crippen molar-refractivity contribution in [2.24, 2.45) is 11.8 Å². The van der Waals surface area contributed by atoms with Crippen LogP contribution in [0.1, 0.15) is 70.4 Å². The van der Waals surface area contributed by atoms with E-state index in [0.29, 0.717) is 62.3 Å². The number of halogens is 1. The first-order chi connectivity index (χ1) is 25.3. The molecule has 7 rings (SSSR count). The van der Waals surface area contributed by atoms with Crippen molar-refractivity contribution >= 4 is 39.3 Å². The van der Waals surface area contributed by atoms with E-state index in [1.165, 1.54) is 17.2 Å². The predicted octanol–water partition coefficient (Wildman–Crippen LogP) is 5.93. The smallest absolute Gasteiger partial charge is 0.410 e. The van der Waals surface area contributed by atoms with Gasteiger partial charge in [0.1, 0.15) is 11.9 Å². The van der Waals surface area contributed by atoms with E-state index in [2.05, 4.69) is 21.8 Å². The van der Waals surface area contributed by atoms with Crippen LogP contribution < -0.4 is 14.4 Å². The number of nitrogens with zero attached hydrogens (tertiary/aromatic N) is 3. The Morgan fingerprint density at radius 1 is 1.09 bits per heavy atom. The number of methoxy groups -OCH3 is 1. The van der Waals surface area contributed by atoms with Crippen LogP contribution in [-0.4, -0.2) is 101 Å². The molecule has 2 aromatic rings. The Kier molecular flexibility index (Phi) is 10.8. The van der Waals surface area contributed by atoms with Crippen molar-refractivity contribution in [1.29, 1.82) is 0 Å². The van der Waals surface area contributed by atoms with Crippen LogP contribution in [0.15, 0.2) is 53.4 Å². The molecule has 288 valence electrons. The summed E-state index contributed by atoms with van der Waals surface area (Å²) in [5.74, 6) is 0.198. The Hall–Kier alpha value is -3.32. The Balaban J connectivity index is 1.27. The highest BCUT2D eigenvalue weighted by Crippen LogP contribution is 2.47. The highest BCUT2D eigenvalue weighted by molar-refractivity contribution is 7.90. The molecule has 2 aromatic carbocycles. The summed E-state index contributed by atoms with van der Waals surface area (Å²) in [7, 11) is -2.51. The van der Waals surface area contributed by atoms with E-state index in [1.807, 2.05) is 30.0 Å². The maximum Gasteiger partial charge on any atom is 0.410 e. The number of likely N-dealkylation sites (tertiary alicyclic amines) is 1. The van der Waals surface area contributed by atoms with Gasteiger partial charge in [0.05, 0.1) is 28.8 Å². The third-order valence-electron chi connectivity index (χ3n) is 12.5. The molecule has 2 amide bonds. The van der Waals surface area contributed by atoms with Crippen LogP contribution in [0.5, 0.6) is 5.75 Å². The zero-order chi connectivity index (χ0) is 37.5. The lowest BCUT2D eigenvalue weighted by Gasteiger charge is -2.46. The Labute approximate surface area is 319 Å². The van der Waals surface area contributed by atoms with E-state index in [4.69, 9.17) is 25.8 Å². The molecule has 13 heteroatoms. The molecule has 3 heterocycles. The number of carbonyl (C=O) groups excluding carboxylic acids is 2. The second kappa shape index (κ2) is 15.1. The van der Waals surface area contributed by atoms with Crippen molar-refractivity contribution in [1.82, 2.24) is 14.5 Å². The van der Waals surface area contributed by atoms with E-state index < -0.39 is 27.6 Å². The fraction of sp³-hybridized carbons (Fsp3) is 0.600. The number of ether oxygens (including phenoxy) is 3. The van der Waals surface area contributed by atoms with Crippen LogP contribution >= 0.6 is 11.6 Å². The van der Waals surface area contributed by atoms with Gasteiger partial charge in [-0.25, -0.2) is 17.9 Å². The largest absolute Gasteiger partial charge is 0.490 e. The van der Waals surface area contributed by atoms with E-state index in [9.17, 15) is 18.0 Å². The predicted molar refractivity (Wildman–Crippen MR) is 204 cm³/mol. The lowest BCUT2D eigenvalue weighted by atomic mass is 9.68. The highest BCUT2D eigenvalue weighted by Gasteiger charge is 2.46. The number of amides is 2. The van der Waals surface area contributed by atoms with E-state index in [1.54, 1.807) is 38.0 Å². The molecule has 1 saturated carbocycles. The molecule has 0 unspecified atom stereocenters. The maximum atomic E-state index is 13.9. The van der Waals surface area contributed by atoms with Crippen molar-refractivity contribution < 1.29 is 32.2 Å². The molecule has 2 fully saturated rings. The number of likely N-dealkylation sites (N-methyl/N-ethyl adjacent to an activating group) is 1. The molecule has 1 N–H and O–H groups in total. The normalized spacial score (nSPS) is 28.8. The fourth-order valence-corrected chi connectivity index (χ4v) is 10.4. The van der Waals surface area contributed by atoms with Gasteiger partial charge in [-0.3, -0.25) is 9.69 Å². The number of carbonyl (C=O) groups is 2. The Bertz CT molecular complexity index is 1850. The van der Waals surface area contributed by atoms with Gasteiger partial charge in [-0.05, 0) is 119 Å². The molecule has 0 aromatic heterocycles. The van der Waals surface area contributed by atoms with Crippen molar-refractivity contribution in [3.8, 4) is 5.75 Å². The van der Waals surface area contributed by atoms with Crippen molar-refractivity contribution in [3.63, 3.8) is 0 Å². The summed E-state index contributed by atoms with van der Waals surface area (Å²) in [6, 6.07) is 11.0. The van der Waals surface area contributed by atoms with Gasteiger partial charge in [0.25, 0.3) is 15.9 Å². The number of nitrogens with one attached hydrogen (secondary N) is 1. The standard InChI is InChI=1S/C40H53ClN4O7S/c1-5-45-19-7-9-35(52-38(47)43-20-16-30(50-4)17-21-43)32-13-10-28(32)24-44-25-40(18-6-8-27-22-29(41)11-14-33(27)40)26-51-36-15-12-31(23-34(36)44)53(48,49)42-37(46)39(45,2)3/h7,9,11-12,14-15,22-23,28,30,32,35H,5-6,8,10,13,16-21,24-26H2,1-4H3,(H,42,46)/t28-,32+,35-,40-/m0/s1. The van der Waals surface area contributed by atoms with Gasteiger partial charge in [-0.2, -0.15) is 0 Å². The number of fused-ring (bicyclic) bond motifs is 4. The highest BCUT2D eigenvalue weighted by atomic mass is 35.5. The van der Waals surface area contributed by atoms with Gasteiger partial charge >= 0.3 is 6.09 Å². The molecule has 1 spiro atoms. The Morgan fingerprint density at radius 3 is 2.60 bits per heavy atom. The summed E-state index contributed by atoms with van der Waals surface area (Å²) < 4.78 is 48.7. The number of piperidine rings is 1. The third-order valence-corrected chi connectivity index (χ3v) is 14.1. The number of hydrogen-bond acceptors (Lipinski definition) is 9. The summed E-state index contributed by atoms with van der Waals surface area (Å²) in [4.78, 5) is 33.4. The maximum absolute atomic E-state index is 13.9. The number of sulfonamides is 1. The van der Waals surface area contributed by atoms with E-state index in [-0.39, 0.29) is 34.3 Å². The zero-order valence-corrected chi connectivity index (χ0v) is 32.9. The SMILES string of the molecule is CCN1CC=C[C@H](OC(=O)N2CCC(OC)CC2)[C@@H]2CC[C@H]2CN2C[C@@]3(CCCc4cc(Cl)ccc43)COc3ccc(cc32)S(=O)(=O)NC(=O)C1(C)C. The first-order valence-electron chi connectivity index (χ1n) is 19.1. The van der Waals surface area contributed by atoms with Crippen LogP contribution in [0.25, 0.3) is 0 Å². The summed E-state index contributed by atoms with van der Waals surface area (Å²) >= 11 is 6.47. The zero-order valence-electron chi connectivity index (χ0n) is 31.3. The molecule has 0 radical (unpaired) electrons. The molecule has 11 nitrogen and oxygen atoms in total. The monoisotopic (exact) mass is 768 g/mol. The lowest BCUT2D eigenvalue weighted by Crippen LogP contribution is -2.56. The quantitative estimate of drug-likeness (QED) is 0.380. The van der Waals surface area contributed by atoms with Crippen LogP contribution in [0, 0.1) is 11.8 Å². The molecule has 2 bridgehead atoms. The first-order valence-corrected chi connectivity index (χ1v) is 21.0. The number of anilines is 1. The van der Waals surface area contributed by atoms with Gasteiger partial charge in [0.15, 0.2) is 0 Å². The molecule has 3 aliphatic heterocycles. The second-order valence-electron chi connectivity index (χ2n) is 16.0. The second-order valence-corrected chi connectivity index (χ2v) is 18.1. The minimum absolute atomic E-state index is 0.00465. The van der Waals surface area contributed by atoms with Gasteiger partial charge in [0.2, 0.25) is 0 Å². The van der Waals surface area contributed by atoms with Crippen molar-refractivity contribution in [2.75, 3.05) is 57.9 Å². The van der Waals surface area contributed by atoms with Crippen LogP contribution in [0.3, 0.4) is 0 Å². The average molecular weight is 769 g/mol. The van der Waals surface area contributed by atoms with Gasteiger partial charge in [-0.1, -0.05) is 30.7 Å². The topological polar surface area (TPSA) is 118 Å². The molecule has 53 heavy (non-hydrogen) atoms. The number of benzene rings is 2. The minimum Gasteiger partial charge on any atom is -0.490 e. The van der Waals surface area contributed by atoms with Gasteiger partial charge < -0.3 is 24.0 Å². The first kappa shape index (κ1) is 38.0. The van der Waals surface area contributed by atoms with Gasteiger partial charge in [-0.15, -0.1) is 0 Å². The number of aryl methyl sites for hydroxylation is 1. The summed E-state index contributed by atoms with van der Waals surface area (Å²) in [6.07, 6.45) is 9.50. The number of hydrogen-bond donors (Lipinski definition) is 1. The van der Waals surface area contributed by atoms with E-state index >= 15 is 0 Å². The molecule has 4 atom stereocenters. The number of rotatable bonds is 3. The summed E-state index contributed by atoms with van der Waals surface area (Å²) in [5, 5.41) is 0.708. The van der Waals surface area contributed by atoms with Crippen molar-refractivity contribution in [2.45, 2.75) is 93.8 Å². The minimum atomic E-state index is -4.22. The lowest BCUT2D eigenvalue weighted by molar-refractivity contribution is -0.129. The van der Waals surface area contributed by atoms with Crippen LogP contribution in [0.4, 0.5) is 10.5 Å². The van der Waals surface area contributed by atoms with E-state index in [0.717, 1.165) is 44.9 Å². The Morgan fingerprint density at radius 2 is 1.89 bits per heavy atom. The molecular formula is C40H53ClN4O7S. The van der Waals surface area contributed by atoms with Crippen molar-refractivity contribution in [3.05, 3.63) is 64.7 Å². The summed E-state index contributed by atoms with van der Waals surface area (Å²) in [5.41, 5.74) is 1.60. The average Bonchev–Trinajstić information content (AvgIpc) is 3.27.